The number of ether oxygens (including phenoxy) is 1. The van der Waals surface area contributed by atoms with Crippen molar-refractivity contribution in [2.45, 2.75) is 13.1 Å². The number of hydrogen-bond donors (Lipinski definition) is 1. The number of rotatable bonds is 7. The minimum absolute atomic E-state index is 0.215. The molecule has 33 heavy (non-hydrogen) atoms. The minimum atomic E-state index is -0.294. The summed E-state index contributed by atoms with van der Waals surface area (Å²) in [6, 6.07) is 12.8. The van der Waals surface area contributed by atoms with Crippen LogP contribution in [0.3, 0.4) is 0 Å². The van der Waals surface area contributed by atoms with Crippen LogP contribution in [0.15, 0.2) is 70.4 Å². The maximum Gasteiger partial charge on any atom is 0.268 e. The van der Waals surface area contributed by atoms with Crippen molar-refractivity contribution in [2.75, 3.05) is 13.7 Å². The number of hydrogen-bond acceptors (Lipinski definition) is 6. The van der Waals surface area contributed by atoms with E-state index < -0.39 is 0 Å². The Kier molecular flexibility index (Phi) is 5.72. The van der Waals surface area contributed by atoms with E-state index in [4.69, 9.17) is 4.74 Å². The Balaban J connectivity index is 1.52. The Morgan fingerprint density at radius 1 is 1.21 bits per heavy atom. The van der Waals surface area contributed by atoms with Crippen molar-refractivity contribution in [3.05, 3.63) is 87.2 Å². The van der Waals surface area contributed by atoms with Crippen LogP contribution in [0.1, 0.15) is 16.1 Å². The molecule has 0 unspecified atom stereocenters. The SMILES string of the molecule is COCCn1c(C(=O)NCc2cccnc2-c2ccsc2)cc2c(=O)n3ccccc3nc21. The fourth-order valence-corrected chi connectivity index (χ4v) is 4.50. The molecule has 8 nitrogen and oxygen atoms in total. The molecule has 0 saturated heterocycles. The molecule has 5 aromatic heterocycles. The highest BCUT2D eigenvalue weighted by Gasteiger charge is 2.20. The predicted octanol–water partition coefficient (Wildman–Crippen LogP) is 3.35. The van der Waals surface area contributed by atoms with Gasteiger partial charge in [0.15, 0.2) is 0 Å². The van der Waals surface area contributed by atoms with Crippen molar-refractivity contribution in [1.29, 1.82) is 0 Å². The van der Waals surface area contributed by atoms with Crippen LogP contribution in [-0.4, -0.2) is 38.6 Å². The highest BCUT2D eigenvalue weighted by atomic mass is 32.1. The molecule has 1 amide bonds. The summed E-state index contributed by atoms with van der Waals surface area (Å²) in [5.74, 6) is -0.294. The van der Waals surface area contributed by atoms with E-state index in [0.29, 0.717) is 42.1 Å². The predicted molar refractivity (Wildman–Crippen MR) is 128 cm³/mol. The highest BCUT2D eigenvalue weighted by Crippen LogP contribution is 2.24. The van der Waals surface area contributed by atoms with Gasteiger partial charge in [-0.05, 0) is 41.3 Å². The molecule has 5 heterocycles. The van der Waals surface area contributed by atoms with Gasteiger partial charge in [-0.25, -0.2) is 4.98 Å². The van der Waals surface area contributed by atoms with Gasteiger partial charge in [-0.3, -0.25) is 19.0 Å². The quantitative estimate of drug-likeness (QED) is 0.403. The van der Waals surface area contributed by atoms with Gasteiger partial charge in [0.1, 0.15) is 17.0 Å². The van der Waals surface area contributed by atoms with Crippen LogP contribution in [0.2, 0.25) is 0 Å². The van der Waals surface area contributed by atoms with Crippen molar-refractivity contribution in [3.63, 3.8) is 0 Å². The summed E-state index contributed by atoms with van der Waals surface area (Å²) < 4.78 is 8.45. The van der Waals surface area contributed by atoms with Crippen molar-refractivity contribution < 1.29 is 9.53 Å². The molecule has 0 bridgehead atoms. The largest absolute Gasteiger partial charge is 0.383 e. The van der Waals surface area contributed by atoms with E-state index in [1.54, 1.807) is 53.6 Å². The Bertz CT molecular complexity index is 1500. The third kappa shape index (κ3) is 3.92. The van der Waals surface area contributed by atoms with Crippen LogP contribution in [0, 0.1) is 0 Å². The summed E-state index contributed by atoms with van der Waals surface area (Å²) in [6.07, 6.45) is 3.41. The maximum atomic E-state index is 13.2. The molecule has 0 aliphatic heterocycles. The second kappa shape index (κ2) is 8.97. The Morgan fingerprint density at radius 3 is 2.94 bits per heavy atom. The molecule has 0 aromatic carbocycles. The molecule has 5 rings (SSSR count). The van der Waals surface area contributed by atoms with Gasteiger partial charge in [0.2, 0.25) is 0 Å². The number of carbonyl (C=O) groups excluding carboxylic acids is 1. The molecular weight excluding hydrogens is 438 g/mol. The normalized spacial score (nSPS) is 11.3. The first-order chi connectivity index (χ1) is 16.2. The zero-order valence-electron chi connectivity index (χ0n) is 17.9. The lowest BCUT2D eigenvalue weighted by atomic mass is 10.1. The van der Waals surface area contributed by atoms with Crippen molar-refractivity contribution >= 4 is 33.9 Å². The average Bonchev–Trinajstić information content (AvgIpc) is 3.50. The zero-order valence-corrected chi connectivity index (χ0v) is 18.7. The topological polar surface area (TPSA) is 90.5 Å². The highest BCUT2D eigenvalue weighted by molar-refractivity contribution is 7.08. The number of aromatic nitrogens is 4. The van der Waals surface area contributed by atoms with Crippen molar-refractivity contribution in [1.82, 2.24) is 24.3 Å². The number of fused-ring (bicyclic) bond motifs is 2. The molecule has 0 aliphatic rings. The number of amides is 1. The summed E-state index contributed by atoms with van der Waals surface area (Å²) in [7, 11) is 1.59. The standard InChI is InChI=1S/C24H21N5O3S/c1-32-11-10-28-19(13-18-22(28)27-20-6-2-3-9-29(20)24(18)31)23(30)26-14-16-5-4-8-25-21(16)17-7-12-33-15-17/h2-9,12-13,15H,10-11,14H2,1H3,(H,26,30). The third-order valence-electron chi connectivity index (χ3n) is 5.45. The first-order valence-electron chi connectivity index (χ1n) is 10.4. The number of thiophene rings is 1. The number of methoxy groups -OCH3 is 1. The van der Waals surface area contributed by atoms with E-state index in [0.717, 1.165) is 16.8 Å². The van der Waals surface area contributed by atoms with Crippen molar-refractivity contribution in [3.8, 4) is 11.3 Å². The molecule has 9 heteroatoms. The lowest BCUT2D eigenvalue weighted by molar-refractivity contribution is 0.0939. The molecule has 0 saturated carbocycles. The zero-order chi connectivity index (χ0) is 22.8. The molecule has 0 atom stereocenters. The third-order valence-corrected chi connectivity index (χ3v) is 6.14. The summed E-state index contributed by atoms with van der Waals surface area (Å²) in [5.41, 5.74) is 3.90. The molecule has 166 valence electrons. The van der Waals surface area contributed by atoms with Gasteiger partial charge >= 0.3 is 0 Å². The maximum absolute atomic E-state index is 13.2. The number of pyridine rings is 2. The van der Waals surface area contributed by atoms with Gasteiger partial charge in [0.05, 0.1) is 17.7 Å². The molecule has 0 fully saturated rings. The fourth-order valence-electron chi connectivity index (χ4n) is 3.86. The number of nitrogens with zero attached hydrogens (tertiary/aromatic N) is 4. The van der Waals surface area contributed by atoms with Crippen LogP contribution >= 0.6 is 11.3 Å². The van der Waals surface area contributed by atoms with Gasteiger partial charge in [-0.1, -0.05) is 12.1 Å². The summed E-state index contributed by atoms with van der Waals surface area (Å²) in [5, 5.41) is 7.40. The van der Waals surface area contributed by atoms with E-state index in [2.05, 4.69) is 15.3 Å². The van der Waals surface area contributed by atoms with Crippen LogP contribution in [0.5, 0.6) is 0 Å². The van der Waals surface area contributed by atoms with E-state index in [9.17, 15) is 9.59 Å². The molecular formula is C24H21N5O3S. The first kappa shape index (κ1) is 21.0. The van der Waals surface area contributed by atoms with Crippen LogP contribution in [0.25, 0.3) is 27.9 Å². The monoisotopic (exact) mass is 459 g/mol. The summed E-state index contributed by atoms with van der Waals surface area (Å²) in [6.45, 7) is 1.08. The van der Waals surface area contributed by atoms with Crippen LogP contribution < -0.4 is 10.9 Å². The van der Waals surface area contributed by atoms with Crippen LogP contribution in [-0.2, 0) is 17.8 Å². The van der Waals surface area contributed by atoms with Gasteiger partial charge < -0.3 is 14.6 Å². The van der Waals surface area contributed by atoms with E-state index in [1.165, 1.54) is 4.40 Å². The number of carbonyl (C=O) groups is 1. The van der Waals surface area contributed by atoms with Crippen molar-refractivity contribution in [2.24, 2.45) is 0 Å². The molecule has 5 aromatic rings. The minimum Gasteiger partial charge on any atom is -0.383 e. The Labute approximate surface area is 193 Å². The molecule has 1 N–H and O–H groups in total. The second-order valence-corrected chi connectivity index (χ2v) is 8.24. The molecule has 0 spiro atoms. The van der Waals surface area contributed by atoms with E-state index in [-0.39, 0.29) is 11.5 Å². The lowest BCUT2D eigenvalue weighted by Gasteiger charge is -2.12. The van der Waals surface area contributed by atoms with E-state index >= 15 is 0 Å². The average molecular weight is 460 g/mol. The second-order valence-electron chi connectivity index (χ2n) is 7.46. The smallest absolute Gasteiger partial charge is 0.268 e. The van der Waals surface area contributed by atoms with Gasteiger partial charge in [-0.15, -0.1) is 0 Å². The van der Waals surface area contributed by atoms with Gasteiger partial charge in [0, 0.05) is 43.5 Å². The summed E-state index contributed by atoms with van der Waals surface area (Å²) in [4.78, 5) is 35.4. The van der Waals surface area contributed by atoms with Crippen LogP contribution in [0.4, 0.5) is 0 Å². The molecule has 0 aliphatic carbocycles. The Hall–Kier alpha value is -3.82. The van der Waals surface area contributed by atoms with E-state index in [1.807, 2.05) is 35.0 Å². The first-order valence-corrected chi connectivity index (χ1v) is 11.4. The molecule has 0 radical (unpaired) electrons. The Morgan fingerprint density at radius 2 is 2.12 bits per heavy atom. The number of nitrogens with one attached hydrogen (secondary N) is 1. The van der Waals surface area contributed by atoms with Gasteiger partial charge in [0.25, 0.3) is 11.5 Å². The lowest BCUT2D eigenvalue weighted by Crippen LogP contribution is -2.26. The summed E-state index contributed by atoms with van der Waals surface area (Å²) >= 11 is 1.60. The van der Waals surface area contributed by atoms with Gasteiger partial charge in [-0.2, -0.15) is 11.3 Å². The fraction of sp³-hybridized carbons (Fsp3) is 0.167.